The number of nitrogens with one attached hydrogen (secondary N) is 2. The van der Waals surface area contributed by atoms with Crippen molar-refractivity contribution < 1.29 is 13.9 Å². The number of rotatable bonds is 8. The summed E-state index contributed by atoms with van der Waals surface area (Å²) in [6.45, 7) is 4.28. The maximum Gasteiger partial charge on any atom is 0.320 e. The van der Waals surface area contributed by atoms with E-state index in [9.17, 15) is 14.0 Å². The van der Waals surface area contributed by atoms with E-state index >= 15 is 0 Å². The Morgan fingerprint density at radius 2 is 1.93 bits per heavy atom. The monoisotopic (exact) mass is 578 g/mol. The third-order valence-corrected chi connectivity index (χ3v) is 7.57. The number of nitrogens with zero attached hydrogens (tertiary/aromatic N) is 4. The number of ether oxygens (including phenoxy) is 1. The molecule has 4 aromatic rings. The summed E-state index contributed by atoms with van der Waals surface area (Å²) in [6, 6.07) is 16.5. The van der Waals surface area contributed by atoms with Crippen LogP contribution >= 0.6 is 11.6 Å². The average molecular weight is 579 g/mol. The fraction of sp³-hybridized carbons (Fsp3) is 0.300. The Morgan fingerprint density at radius 3 is 2.63 bits per heavy atom. The van der Waals surface area contributed by atoms with Gasteiger partial charge in [-0.1, -0.05) is 29.8 Å². The second-order valence-corrected chi connectivity index (χ2v) is 10.6. The molecule has 3 heterocycles. The van der Waals surface area contributed by atoms with E-state index in [0.29, 0.717) is 42.8 Å². The van der Waals surface area contributed by atoms with Crippen molar-refractivity contribution in [1.29, 1.82) is 0 Å². The summed E-state index contributed by atoms with van der Waals surface area (Å²) in [7, 11) is 3.33. The van der Waals surface area contributed by atoms with Crippen LogP contribution in [0.2, 0.25) is 5.02 Å². The fourth-order valence-corrected chi connectivity index (χ4v) is 5.51. The van der Waals surface area contributed by atoms with Gasteiger partial charge in [0.1, 0.15) is 11.6 Å². The molecule has 1 aliphatic rings. The van der Waals surface area contributed by atoms with Crippen molar-refractivity contribution >= 4 is 23.4 Å². The van der Waals surface area contributed by atoms with Crippen LogP contribution in [0, 0.1) is 12.7 Å². The lowest BCUT2D eigenvalue weighted by Crippen LogP contribution is -2.42. The van der Waals surface area contributed by atoms with Gasteiger partial charge in [-0.15, -0.1) is 0 Å². The number of carbonyl (C=O) groups is 1. The lowest BCUT2D eigenvalue weighted by molar-refractivity contribution is 0.159. The molecular weight excluding hydrogens is 547 g/mol. The van der Waals surface area contributed by atoms with Crippen molar-refractivity contribution in [3.8, 4) is 16.9 Å². The zero-order valence-corrected chi connectivity index (χ0v) is 23.9. The highest BCUT2D eigenvalue weighted by Crippen LogP contribution is 2.32. The summed E-state index contributed by atoms with van der Waals surface area (Å²) in [5.74, 6) is -0.0939. The number of likely N-dealkylation sites (tertiary alicyclic amines) is 1. The Balaban J connectivity index is 1.45. The number of halogens is 2. The third kappa shape index (κ3) is 6.35. The molecule has 0 bridgehead atoms. The second-order valence-electron chi connectivity index (χ2n) is 10.2. The van der Waals surface area contributed by atoms with E-state index in [0.717, 1.165) is 22.4 Å². The Bertz CT molecular complexity index is 1590. The van der Waals surface area contributed by atoms with E-state index in [1.165, 1.54) is 22.8 Å². The summed E-state index contributed by atoms with van der Waals surface area (Å²) >= 11 is 6.17. The standard InChI is InChI=1S/C30H32ClFN6O3/c1-19-28(20-9-10-27(39)36(2)16-20)35-38(24-7-5-4-6-8-24)29(19)34-30(40)33-26-18-37(11-12-41-3)17-25(26)21-13-22(31)15-23(32)14-21/h4-10,13-16,25-26H,11-12,17-18H2,1-3H3,(H2,33,34,40)/t25?,26-/m1/s1. The van der Waals surface area contributed by atoms with Crippen LogP contribution in [-0.4, -0.2) is 64.7 Å². The molecule has 41 heavy (non-hydrogen) atoms. The Morgan fingerprint density at radius 1 is 1.15 bits per heavy atom. The van der Waals surface area contributed by atoms with Crippen molar-refractivity contribution in [2.24, 2.45) is 7.05 Å². The zero-order chi connectivity index (χ0) is 29.1. The first-order valence-corrected chi connectivity index (χ1v) is 13.7. The number of urea groups is 1. The number of pyridine rings is 1. The number of aryl methyl sites for hydroxylation is 1. The number of benzene rings is 2. The van der Waals surface area contributed by atoms with E-state index in [4.69, 9.17) is 21.4 Å². The van der Waals surface area contributed by atoms with Gasteiger partial charge in [0.15, 0.2) is 0 Å². The lowest BCUT2D eigenvalue weighted by Gasteiger charge is -2.21. The van der Waals surface area contributed by atoms with Crippen LogP contribution in [0.15, 0.2) is 71.7 Å². The van der Waals surface area contributed by atoms with Gasteiger partial charge in [-0.2, -0.15) is 5.10 Å². The number of hydrogen-bond acceptors (Lipinski definition) is 5. The van der Waals surface area contributed by atoms with Crippen molar-refractivity contribution in [2.75, 3.05) is 38.7 Å². The molecule has 9 nitrogen and oxygen atoms in total. The van der Waals surface area contributed by atoms with E-state index in [1.807, 2.05) is 37.3 Å². The molecule has 0 spiro atoms. The predicted octanol–water partition coefficient (Wildman–Crippen LogP) is 4.57. The lowest BCUT2D eigenvalue weighted by atomic mass is 9.94. The van der Waals surface area contributed by atoms with Crippen LogP contribution in [0.1, 0.15) is 17.0 Å². The molecule has 1 unspecified atom stereocenters. The second kappa shape index (κ2) is 12.3. The van der Waals surface area contributed by atoms with E-state index < -0.39 is 11.8 Å². The van der Waals surface area contributed by atoms with Crippen molar-refractivity contribution in [3.63, 3.8) is 0 Å². The number of para-hydroxylation sites is 1. The number of anilines is 1. The first-order valence-electron chi connectivity index (χ1n) is 13.3. The van der Waals surface area contributed by atoms with Gasteiger partial charge in [-0.05, 0) is 48.9 Å². The molecule has 0 aliphatic carbocycles. The van der Waals surface area contributed by atoms with E-state index in [2.05, 4.69) is 15.5 Å². The van der Waals surface area contributed by atoms with Crippen LogP contribution < -0.4 is 16.2 Å². The number of hydrogen-bond donors (Lipinski definition) is 2. The smallest absolute Gasteiger partial charge is 0.320 e. The van der Waals surface area contributed by atoms with Crippen LogP contribution in [0.25, 0.3) is 16.9 Å². The number of aromatic nitrogens is 3. The molecule has 1 aliphatic heterocycles. The van der Waals surface area contributed by atoms with Crippen LogP contribution in [0.5, 0.6) is 0 Å². The Labute approximate surface area is 242 Å². The van der Waals surface area contributed by atoms with Crippen LogP contribution in [0.4, 0.5) is 15.0 Å². The molecular formula is C30H32ClFN6O3. The Hall–Kier alpha value is -3.99. The molecule has 2 aromatic carbocycles. The summed E-state index contributed by atoms with van der Waals surface area (Å²) in [6.07, 6.45) is 1.72. The number of methoxy groups -OCH3 is 1. The average Bonchev–Trinajstić information content (AvgIpc) is 3.49. The minimum Gasteiger partial charge on any atom is -0.383 e. The highest BCUT2D eigenvalue weighted by molar-refractivity contribution is 6.30. The summed E-state index contributed by atoms with van der Waals surface area (Å²) in [5, 5.41) is 11.2. The molecule has 2 atom stereocenters. The van der Waals surface area contributed by atoms with Gasteiger partial charge in [-0.3, -0.25) is 15.0 Å². The van der Waals surface area contributed by atoms with Gasteiger partial charge in [0.2, 0.25) is 5.56 Å². The number of carbonyl (C=O) groups excluding carboxylic acids is 1. The van der Waals surface area contributed by atoms with Crippen molar-refractivity contribution in [1.82, 2.24) is 24.6 Å². The topological polar surface area (TPSA) is 93.4 Å². The third-order valence-electron chi connectivity index (χ3n) is 7.35. The van der Waals surface area contributed by atoms with Gasteiger partial charge >= 0.3 is 6.03 Å². The molecule has 2 aromatic heterocycles. The first kappa shape index (κ1) is 28.5. The molecule has 214 valence electrons. The van der Waals surface area contributed by atoms with Gasteiger partial charge in [0.05, 0.1) is 24.0 Å². The minimum atomic E-state index is -0.417. The molecule has 2 N–H and O–H groups in total. The molecule has 5 rings (SSSR count). The quantitative estimate of drug-likeness (QED) is 0.319. The molecule has 11 heteroatoms. The fourth-order valence-electron chi connectivity index (χ4n) is 5.28. The van der Waals surface area contributed by atoms with Gasteiger partial charge in [-0.25, -0.2) is 13.9 Å². The normalized spacial score (nSPS) is 17.1. The largest absolute Gasteiger partial charge is 0.383 e. The molecule has 0 radical (unpaired) electrons. The number of amides is 2. The van der Waals surface area contributed by atoms with Crippen LogP contribution in [-0.2, 0) is 11.8 Å². The highest BCUT2D eigenvalue weighted by Gasteiger charge is 2.35. The maximum atomic E-state index is 14.3. The minimum absolute atomic E-state index is 0.128. The summed E-state index contributed by atoms with van der Waals surface area (Å²) < 4.78 is 22.7. The maximum absolute atomic E-state index is 14.3. The van der Waals surface area contributed by atoms with Crippen molar-refractivity contribution in [3.05, 3.63) is 99.2 Å². The Kier molecular flexibility index (Phi) is 8.53. The molecule has 0 saturated carbocycles. The SMILES string of the molecule is COCCN1CC(c2cc(F)cc(Cl)c2)[C@H](NC(=O)Nc2c(C)c(-c3ccc(=O)n(C)c3)nn2-c2ccccc2)C1. The van der Waals surface area contributed by atoms with Crippen molar-refractivity contribution in [2.45, 2.75) is 18.9 Å². The first-order chi connectivity index (χ1) is 19.7. The van der Waals surface area contributed by atoms with E-state index in [-0.39, 0.29) is 17.5 Å². The molecule has 1 saturated heterocycles. The zero-order valence-electron chi connectivity index (χ0n) is 23.1. The van der Waals surface area contributed by atoms with E-state index in [1.54, 1.807) is 37.2 Å². The molecule has 2 amide bonds. The van der Waals surface area contributed by atoms with Gasteiger partial charge < -0.3 is 14.6 Å². The summed E-state index contributed by atoms with van der Waals surface area (Å²) in [4.78, 5) is 27.7. The highest BCUT2D eigenvalue weighted by atomic mass is 35.5. The predicted molar refractivity (Wildman–Crippen MR) is 157 cm³/mol. The molecule has 1 fully saturated rings. The van der Waals surface area contributed by atoms with Crippen LogP contribution in [0.3, 0.4) is 0 Å². The van der Waals surface area contributed by atoms with Gasteiger partial charge in [0.25, 0.3) is 0 Å². The summed E-state index contributed by atoms with van der Waals surface area (Å²) in [5.41, 5.74) is 3.48. The van der Waals surface area contributed by atoms with Gasteiger partial charge in [0, 0.05) is 68.1 Å².